The predicted octanol–water partition coefficient (Wildman–Crippen LogP) is 0.155. The van der Waals surface area contributed by atoms with Gasteiger partial charge >= 0.3 is 0 Å². The fourth-order valence-corrected chi connectivity index (χ4v) is 1.91. The number of fused-ring (bicyclic) bond motifs is 1. The number of carbonyl (C=O) groups is 1. The molecule has 0 unspecified atom stereocenters. The van der Waals surface area contributed by atoms with Gasteiger partial charge in [0.2, 0.25) is 0 Å². The molecule has 7 heteroatoms. The van der Waals surface area contributed by atoms with Crippen molar-refractivity contribution in [1.29, 1.82) is 0 Å². The monoisotopic (exact) mass is 293 g/mol. The van der Waals surface area contributed by atoms with Gasteiger partial charge < -0.3 is 15.5 Å². The Bertz CT molecular complexity index is 649. The molecule has 2 aromatic heterocycles. The summed E-state index contributed by atoms with van der Waals surface area (Å²) in [5, 5.41) is 24.6. The highest BCUT2D eigenvalue weighted by molar-refractivity contribution is 7.80. The second-order valence-corrected chi connectivity index (χ2v) is 5.01. The van der Waals surface area contributed by atoms with E-state index < -0.39 is 11.9 Å². The van der Waals surface area contributed by atoms with Crippen LogP contribution in [-0.4, -0.2) is 49.9 Å². The standard InChI is InChI=1S/C13H15N3O3S/c1-8(20)9-2-3-16-12(4-9)11(5-14-16)13(19)15-10(6-17)7-18/h2-5,10,17-18H,6-7H2,1H3,(H,15,19). The van der Waals surface area contributed by atoms with Gasteiger partial charge in [0.25, 0.3) is 5.91 Å². The highest BCUT2D eigenvalue weighted by Gasteiger charge is 2.16. The minimum atomic E-state index is -0.687. The number of thiocarbonyl (C=S) groups is 1. The summed E-state index contributed by atoms with van der Waals surface area (Å²) >= 11 is 5.12. The lowest BCUT2D eigenvalue weighted by molar-refractivity contribution is 0.0881. The zero-order valence-electron chi connectivity index (χ0n) is 10.9. The molecular weight excluding hydrogens is 278 g/mol. The summed E-state index contributed by atoms with van der Waals surface area (Å²) in [7, 11) is 0. The van der Waals surface area contributed by atoms with Gasteiger partial charge in [-0.05, 0) is 24.6 Å². The lowest BCUT2D eigenvalue weighted by atomic mass is 10.1. The Hall–Kier alpha value is -1.83. The summed E-state index contributed by atoms with van der Waals surface area (Å²) in [6.07, 6.45) is 3.17. The third-order valence-corrected chi connectivity index (χ3v) is 3.18. The van der Waals surface area contributed by atoms with Gasteiger partial charge in [-0.3, -0.25) is 4.79 Å². The van der Waals surface area contributed by atoms with E-state index in [-0.39, 0.29) is 13.2 Å². The van der Waals surface area contributed by atoms with Crippen molar-refractivity contribution in [2.24, 2.45) is 0 Å². The van der Waals surface area contributed by atoms with Gasteiger partial charge in [-0.2, -0.15) is 5.10 Å². The summed E-state index contributed by atoms with van der Waals surface area (Å²) in [6, 6.07) is 2.93. The van der Waals surface area contributed by atoms with E-state index in [2.05, 4.69) is 10.4 Å². The van der Waals surface area contributed by atoms with E-state index in [0.29, 0.717) is 11.1 Å². The van der Waals surface area contributed by atoms with E-state index in [9.17, 15) is 4.79 Å². The number of hydrogen-bond acceptors (Lipinski definition) is 5. The second-order valence-electron chi connectivity index (χ2n) is 4.40. The first-order valence-electron chi connectivity index (χ1n) is 6.07. The third kappa shape index (κ3) is 2.84. The van der Waals surface area contributed by atoms with Crippen molar-refractivity contribution in [2.45, 2.75) is 13.0 Å². The van der Waals surface area contributed by atoms with E-state index in [1.807, 2.05) is 13.0 Å². The first-order chi connectivity index (χ1) is 9.56. The van der Waals surface area contributed by atoms with Crippen LogP contribution in [0, 0.1) is 0 Å². The van der Waals surface area contributed by atoms with Crippen LogP contribution in [0.25, 0.3) is 5.52 Å². The topological polar surface area (TPSA) is 86.9 Å². The maximum atomic E-state index is 12.1. The summed E-state index contributed by atoms with van der Waals surface area (Å²) in [5.41, 5.74) is 1.84. The first-order valence-corrected chi connectivity index (χ1v) is 6.48. The zero-order chi connectivity index (χ0) is 14.7. The van der Waals surface area contributed by atoms with Crippen molar-refractivity contribution in [3.63, 3.8) is 0 Å². The average Bonchev–Trinajstić information content (AvgIpc) is 2.87. The van der Waals surface area contributed by atoms with Crippen LogP contribution in [0.15, 0.2) is 24.5 Å². The minimum Gasteiger partial charge on any atom is -0.394 e. The fourth-order valence-electron chi connectivity index (χ4n) is 1.79. The number of carbonyl (C=O) groups excluding carboxylic acids is 1. The lowest BCUT2D eigenvalue weighted by Crippen LogP contribution is -2.40. The zero-order valence-corrected chi connectivity index (χ0v) is 11.7. The molecule has 1 amide bonds. The van der Waals surface area contributed by atoms with Gasteiger partial charge in [0.15, 0.2) is 0 Å². The Kier molecular flexibility index (Phi) is 4.43. The summed E-state index contributed by atoms with van der Waals surface area (Å²) in [6.45, 7) is 1.16. The molecule has 0 fully saturated rings. The SMILES string of the molecule is CC(=S)c1ccn2ncc(C(=O)NC(CO)CO)c2c1. The summed E-state index contributed by atoms with van der Waals surface area (Å²) in [4.78, 5) is 12.8. The van der Waals surface area contributed by atoms with Crippen LogP contribution in [0.5, 0.6) is 0 Å². The van der Waals surface area contributed by atoms with Crippen molar-refractivity contribution in [2.75, 3.05) is 13.2 Å². The smallest absolute Gasteiger partial charge is 0.255 e. The van der Waals surface area contributed by atoms with E-state index in [1.165, 1.54) is 6.20 Å². The number of aliphatic hydroxyl groups excluding tert-OH is 2. The van der Waals surface area contributed by atoms with Crippen molar-refractivity contribution in [3.05, 3.63) is 35.7 Å². The van der Waals surface area contributed by atoms with Crippen LogP contribution in [-0.2, 0) is 0 Å². The molecule has 2 rings (SSSR count). The predicted molar refractivity (Wildman–Crippen MR) is 78.0 cm³/mol. The van der Waals surface area contributed by atoms with Crippen LogP contribution in [0.4, 0.5) is 0 Å². The van der Waals surface area contributed by atoms with Crippen LogP contribution >= 0.6 is 12.2 Å². The summed E-state index contributed by atoms with van der Waals surface area (Å²) in [5.74, 6) is -0.396. The van der Waals surface area contributed by atoms with E-state index in [4.69, 9.17) is 22.4 Å². The maximum absolute atomic E-state index is 12.1. The maximum Gasteiger partial charge on any atom is 0.255 e. The minimum absolute atomic E-state index is 0.328. The molecule has 0 saturated carbocycles. The molecule has 2 aromatic rings. The van der Waals surface area contributed by atoms with Crippen molar-refractivity contribution >= 4 is 28.5 Å². The van der Waals surface area contributed by atoms with Gasteiger partial charge in [0, 0.05) is 11.1 Å². The first kappa shape index (κ1) is 14.6. The third-order valence-electron chi connectivity index (χ3n) is 2.95. The van der Waals surface area contributed by atoms with Crippen LogP contribution in [0.2, 0.25) is 0 Å². The number of nitrogens with zero attached hydrogens (tertiary/aromatic N) is 2. The lowest BCUT2D eigenvalue weighted by Gasteiger charge is -2.12. The Morgan fingerprint density at radius 3 is 2.80 bits per heavy atom. The molecule has 20 heavy (non-hydrogen) atoms. The number of amides is 1. The number of aliphatic hydroxyl groups is 2. The molecule has 0 aliphatic rings. The van der Waals surface area contributed by atoms with Crippen LogP contribution in [0.3, 0.4) is 0 Å². The molecule has 106 valence electrons. The van der Waals surface area contributed by atoms with E-state index >= 15 is 0 Å². The van der Waals surface area contributed by atoms with Gasteiger partial charge in [0.1, 0.15) is 0 Å². The fraction of sp³-hybridized carbons (Fsp3) is 0.308. The van der Waals surface area contributed by atoms with Crippen LogP contribution in [0.1, 0.15) is 22.8 Å². The largest absolute Gasteiger partial charge is 0.394 e. The van der Waals surface area contributed by atoms with Crippen molar-refractivity contribution in [3.8, 4) is 0 Å². The molecule has 0 saturated heterocycles. The second kappa shape index (κ2) is 6.08. The van der Waals surface area contributed by atoms with Crippen LogP contribution < -0.4 is 5.32 Å². The Morgan fingerprint density at radius 1 is 1.50 bits per heavy atom. The number of hydrogen-bond donors (Lipinski definition) is 3. The van der Waals surface area contributed by atoms with Gasteiger partial charge in [-0.15, -0.1) is 0 Å². The van der Waals surface area contributed by atoms with Crippen molar-refractivity contribution in [1.82, 2.24) is 14.9 Å². The molecule has 0 aliphatic carbocycles. The molecule has 0 spiro atoms. The molecule has 6 nitrogen and oxygen atoms in total. The van der Waals surface area contributed by atoms with Gasteiger partial charge in [-0.25, -0.2) is 4.52 Å². The van der Waals surface area contributed by atoms with E-state index in [0.717, 1.165) is 10.4 Å². The highest BCUT2D eigenvalue weighted by atomic mass is 32.1. The Balaban J connectivity index is 2.36. The van der Waals surface area contributed by atoms with Crippen molar-refractivity contribution < 1.29 is 15.0 Å². The Morgan fingerprint density at radius 2 is 2.20 bits per heavy atom. The highest BCUT2D eigenvalue weighted by Crippen LogP contribution is 2.14. The molecule has 3 N–H and O–H groups in total. The molecule has 0 bridgehead atoms. The summed E-state index contributed by atoms with van der Waals surface area (Å²) < 4.78 is 1.57. The van der Waals surface area contributed by atoms with E-state index in [1.54, 1.807) is 16.8 Å². The normalized spacial score (nSPS) is 11.0. The Labute approximate surface area is 121 Å². The average molecular weight is 293 g/mol. The van der Waals surface area contributed by atoms with Gasteiger partial charge in [-0.1, -0.05) is 12.2 Å². The van der Waals surface area contributed by atoms with Gasteiger partial charge in [0.05, 0.1) is 36.5 Å². The molecule has 0 aromatic carbocycles. The molecule has 0 atom stereocenters. The number of pyridine rings is 1. The quantitative estimate of drug-likeness (QED) is 0.540. The number of nitrogens with one attached hydrogen (secondary N) is 1. The number of rotatable bonds is 5. The number of aromatic nitrogens is 2. The molecule has 0 radical (unpaired) electrons. The molecule has 0 aliphatic heterocycles. The molecule has 2 heterocycles. The molecular formula is C13H15N3O3S.